The number of carbonyl (C=O) groups is 1. The van der Waals surface area contributed by atoms with Crippen LogP contribution in [-0.4, -0.2) is 26.4 Å². The van der Waals surface area contributed by atoms with Gasteiger partial charge in [0.25, 0.3) is 5.91 Å². The second-order valence-corrected chi connectivity index (χ2v) is 5.89. The van der Waals surface area contributed by atoms with Crippen LogP contribution < -0.4 is 5.32 Å². The van der Waals surface area contributed by atoms with E-state index >= 15 is 0 Å². The summed E-state index contributed by atoms with van der Waals surface area (Å²) in [5.41, 5.74) is 3.31. The number of carbonyl (C=O) groups excluding carboxylic acids is 1. The van der Waals surface area contributed by atoms with Crippen LogP contribution in [0.25, 0.3) is 11.3 Å². The van der Waals surface area contributed by atoms with Crippen molar-refractivity contribution in [2.75, 3.05) is 5.32 Å². The van der Waals surface area contributed by atoms with Gasteiger partial charge in [-0.15, -0.1) is 0 Å². The van der Waals surface area contributed by atoms with Gasteiger partial charge in [-0.25, -0.2) is 0 Å². The number of aromatic amines is 1. The molecule has 1 aliphatic rings. The highest BCUT2D eigenvalue weighted by Gasteiger charge is 2.34. The standard InChI is InChI=1S/C17H13ClN4O2/c18-11-7-5-10(6-8-11)15-13(9-19-21-15)16-20-14-4-2-1-3-12(14)17(23)22(16)24/h1-9,16,20,24H,(H,19,21)/t16-/m1/s1. The summed E-state index contributed by atoms with van der Waals surface area (Å²) >= 11 is 5.93. The Morgan fingerprint density at radius 3 is 2.67 bits per heavy atom. The molecule has 0 radical (unpaired) electrons. The van der Waals surface area contributed by atoms with Gasteiger partial charge < -0.3 is 5.32 Å². The minimum absolute atomic E-state index is 0.424. The second-order valence-electron chi connectivity index (χ2n) is 5.45. The Morgan fingerprint density at radius 1 is 1.12 bits per heavy atom. The van der Waals surface area contributed by atoms with E-state index in [1.54, 1.807) is 36.5 Å². The normalized spacial score (nSPS) is 16.7. The van der Waals surface area contributed by atoms with Crippen molar-refractivity contribution in [3.8, 4) is 11.3 Å². The highest BCUT2D eigenvalue weighted by molar-refractivity contribution is 6.30. The van der Waals surface area contributed by atoms with Gasteiger partial charge >= 0.3 is 0 Å². The van der Waals surface area contributed by atoms with Gasteiger partial charge in [0.15, 0.2) is 6.17 Å². The first-order chi connectivity index (χ1) is 11.6. The van der Waals surface area contributed by atoms with E-state index in [9.17, 15) is 10.0 Å². The van der Waals surface area contributed by atoms with Gasteiger partial charge in [0.05, 0.1) is 17.5 Å². The molecule has 3 N–H and O–H groups in total. The van der Waals surface area contributed by atoms with Crippen molar-refractivity contribution in [2.24, 2.45) is 0 Å². The Bertz CT molecular complexity index is 907. The molecule has 1 aliphatic heterocycles. The molecule has 2 heterocycles. The Morgan fingerprint density at radius 2 is 1.88 bits per heavy atom. The van der Waals surface area contributed by atoms with E-state index in [-0.39, 0.29) is 0 Å². The molecule has 0 saturated carbocycles. The van der Waals surface area contributed by atoms with E-state index < -0.39 is 12.1 Å². The molecule has 0 bridgehead atoms. The zero-order valence-corrected chi connectivity index (χ0v) is 13.2. The van der Waals surface area contributed by atoms with Crippen LogP contribution >= 0.6 is 11.6 Å². The summed E-state index contributed by atoms with van der Waals surface area (Å²) in [7, 11) is 0. The number of fused-ring (bicyclic) bond motifs is 1. The molecule has 120 valence electrons. The quantitative estimate of drug-likeness (QED) is 0.621. The van der Waals surface area contributed by atoms with E-state index in [0.717, 1.165) is 5.56 Å². The first-order valence-electron chi connectivity index (χ1n) is 7.32. The maximum Gasteiger partial charge on any atom is 0.281 e. The van der Waals surface area contributed by atoms with Crippen molar-refractivity contribution < 1.29 is 10.0 Å². The van der Waals surface area contributed by atoms with Gasteiger partial charge in [-0.2, -0.15) is 10.2 Å². The molecule has 0 spiro atoms. The molecular formula is C17H13ClN4O2. The highest BCUT2D eigenvalue weighted by Crippen LogP contribution is 2.35. The lowest BCUT2D eigenvalue weighted by Crippen LogP contribution is -2.40. The summed E-state index contributed by atoms with van der Waals surface area (Å²) in [6.45, 7) is 0. The lowest BCUT2D eigenvalue weighted by atomic mass is 10.0. The van der Waals surface area contributed by atoms with Gasteiger partial charge in [0.2, 0.25) is 0 Å². The van der Waals surface area contributed by atoms with Crippen LogP contribution in [0.2, 0.25) is 5.02 Å². The SMILES string of the molecule is O=C1c2ccccc2N[C@@H](c2cn[nH]c2-c2ccc(Cl)cc2)N1O. The monoisotopic (exact) mass is 340 g/mol. The Hall–Kier alpha value is -2.83. The molecule has 7 heteroatoms. The number of para-hydroxylation sites is 1. The van der Waals surface area contributed by atoms with Crippen LogP contribution in [0.5, 0.6) is 0 Å². The van der Waals surface area contributed by atoms with E-state index in [1.807, 2.05) is 18.2 Å². The molecule has 1 aromatic heterocycles. The zero-order valence-electron chi connectivity index (χ0n) is 12.4. The number of aromatic nitrogens is 2. The third-order valence-corrected chi connectivity index (χ3v) is 4.25. The maximum atomic E-state index is 12.4. The maximum absolute atomic E-state index is 12.4. The Balaban J connectivity index is 1.77. The van der Waals surface area contributed by atoms with Crippen molar-refractivity contribution in [3.63, 3.8) is 0 Å². The fraction of sp³-hybridized carbons (Fsp3) is 0.0588. The predicted molar refractivity (Wildman–Crippen MR) is 89.8 cm³/mol. The number of benzene rings is 2. The molecule has 1 amide bonds. The molecule has 0 fully saturated rings. The Kier molecular flexibility index (Phi) is 3.48. The number of nitrogens with one attached hydrogen (secondary N) is 2. The number of nitrogens with zero attached hydrogens (tertiary/aromatic N) is 2. The lowest BCUT2D eigenvalue weighted by Gasteiger charge is -2.33. The molecule has 2 aromatic carbocycles. The summed E-state index contributed by atoms with van der Waals surface area (Å²) in [5, 5.41) is 21.8. The van der Waals surface area contributed by atoms with Gasteiger partial charge in [0.1, 0.15) is 0 Å². The third-order valence-electron chi connectivity index (χ3n) is 4.00. The lowest BCUT2D eigenvalue weighted by molar-refractivity contribution is -0.0850. The van der Waals surface area contributed by atoms with Crippen molar-refractivity contribution in [1.29, 1.82) is 0 Å². The Labute approximate surface area is 142 Å². The van der Waals surface area contributed by atoms with E-state index in [4.69, 9.17) is 11.6 Å². The number of hydroxylamine groups is 2. The average Bonchev–Trinajstić information content (AvgIpc) is 3.08. The number of amides is 1. The van der Waals surface area contributed by atoms with Crippen molar-refractivity contribution in [3.05, 3.63) is 70.9 Å². The van der Waals surface area contributed by atoms with Gasteiger partial charge in [-0.3, -0.25) is 15.1 Å². The molecule has 3 aromatic rings. The second kappa shape index (κ2) is 5.67. The molecule has 0 saturated heterocycles. The third kappa shape index (κ3) is 2.33. The van der Waals surface area contributed by atoms with E-state index in [0.29, 0.717) is 32.6 Å². The zero-order chi connectivity index (χ0) is 16.7. The van der Waals surface area contributed by atoms with Gasteiger partial charge in [-0.05, 0) is 24.3 Å². The smallest absolute Gasteiger partial charge is 0.281 e. The first kappa shape index (κ1) is 14.7. The number of H-pyrrole nitrogens is 1. The molecular weight excluding hydrogens is 328 g/mol. The number of anilines is 1. The summed E-state index contributed by atoms with van der Waals surface area (Å²) in [4.78, 5) is 12.4. The van der Waals surface area contributed by atoms with Crippen LogP contribution in [0.1, 0.15) is 22.1 Å². The minimum atomic E-state index is -0.739. The van der Waals surface area contributed by atoms with Gasteiger partial charge in [-0.1, -0.05) is 35.9 Å². The van der Waals surface area contributed by atoms with Crippen LogP contribution in [0, 0.1) is 0 Å². The van der Waals surface area contributed by atoms with Crippen molar-refractivity contribution in [1.82, 2.24) is 15.3 Å². The number of rotatable bonds is 2. The molecule has 0 aliphatic carbocycles. The topological polar surface area (TPSA) is 81.2 Å². The number of hydrogen-bond donors (Lipinski definition) is 3. The highest BCUT2D eigenvalue weighted by atomic mass is 35.5. The largest absolute Gasteiger partial charge is 0.359 e. The van der Waals surface area contributed by atoms with Crippen molar-refractivity contribution in [2.45, 2.75) is 6.17 Å². The molecule has 0 unspecified atom stereocenters. The van der Waals surface area contributed by atoms with Crippen LogP contribution in [0.15, 0.2) is 54.7 Å². The minimum Gasteiger partial charge on any atom is -0.359 e. The van der Waals surface area contributed by atoms with Crippen LogP contribution in [0.4, 0.5) is 5.69 Å². The van der Waals surface area contributed by atoms with Crippen LogP contribution in [0.3, 0.4) is 0 Å². The van der Waals surface area contributed by atoms with Crippen LogP contribution in [-0.2, 0) is 0 Å². The molecule has 24 heavy (non-hydrogen) atoms. The molecule has 1 atom stereocenters. The van der Waals surface area contributed by atoms with Crippen molar-refractivity contribution >= 4 is 23.2 Å². The first-order valence-corrected chi connectivity index (χ1v) is 7.70. The predicted octanol–water partition coefficient (Wildman–Crippen LogP) is 3.69. The fourth-order valence-corrected chi connectivity index (χ4v) is 2.93. The molecule has 4 rings (SSSR count). The van der Waals surface area contributed by atoms with E-state index in [2.05, 4.69) is 15.5 Å². The summed E-state index contributed by atoms with van der Waals surface area (Å²) < 4.78 is 0. The fourth-order valence-electron chi connectivity index (χ4n) is 2.80. The van der Waals surface area contributed by atoms with Gasteiger partial charge in [0, 0.05) is 21.8 Å². The molecule has 6 nitrogen and oxygen atoms in total. The average molecular weight is 341 g/mol. The number of halogens is 1. The summed E-state index contributed by atoms with van der Waals surface area (Å²) in [5.74, 6) is -0.461. The summed E-state index contributed by atoms with van der Waals surface area (Å²) in [6, 6.07) is 14.3. The summed E-state index contributed by atoms with van der Waals surface area (Å²) in [6.07, 6.45) is 0.850. The number of hydrogen-bond acceptors (Lipinski definition) is 4. The van der Waals surface area contributed by atoms with E-state index in [1.165, 1.54) is 0 Å².